The number of aromatic nitrogens is 2. The summed E-state index contributed by atoms with van der Waals surface area (Å²) in [5, 5.41) is 3.36. The van der Waals surface area contributed by atoms with Crippen LogP contribution in [0.5, 0.6) is 0 Å². The number of fused-ring (bicyclic) bond motifs is 7. The van der Waals surface area contributed by atoms with Crippen molar-refractivity contribution in [3.8, 4) is 11.3 Å². The SMILES string of the molecule is CCO[C@@H]1C2=NC(CS2)c2ccc3c(c2)c(c(-c2cc(C4C[C@H]5COC[C@@H](C4)N5C4CC4)cnc2[C@H](C)OC)n3CC)CC(C)(C)COC(=O)[C@@H]2CCCN(N2)C(=O)[C@H]1N. The van der Waals surface area contributed by atoms with Gasteiger partial charge in [0.25, 0.3) is 5.91 Å². The van der Waals surface area contributed by atoms with Crippen LogP contribution in [0.25, 0.3) is 22.2 Å². The maximum absolute atomic E-state index is 13.8. The van der Waals surface area contributed by atoms with Crippen molar-refractivity contribution in [1.29, 1.82) is 0 Å². The van der Waals surface area contributed by atoms with Gasteiger partial charge < -0.3 is 29.2 Å². The molecule has 1 saturated carbocycles. The summed E-state index contributed by atoms with van der Waals surface area (Å²) in [5.41, 5.74) is 17.3. The molecule has 60 heavy (non-hydrogen) atoms. The van der Waals surface area contributed by atoms with Crippen molar-refractivity contribution in [2.45, 2.75) is 140 Å². The van der Waals surface area contributed by atoms with Crippen molar-refractivity contribution in [3.63, 3.8) is 0 Å². The molecular weight excluding hydrogens is 779 g/mol. The van der Waals surface area contributed by atoms with E-state index in [1.54, 1.807) is 18.9 Å². The number of nitrogens with one attached hydrogen (secondary N) is 1. The lowest BCUT2D eigenvalue weighted by Crippen LogP contribution is -2.61. The van der Waals surface area contributed by atoms with Crippen LogP contribution < -0.4 is 11.2 Å². The molecule has 3 N–H and O–H groups in total. The highest BCUT2D eigenvalue weighted by Crippen LogP contribution is 2.47. The quantitative estimate of drug-likeness (QED) is 0.255. The lowest BCUT2D eigenvalue weighted by Gasteiger charge is -2.49. The van der Waals surface area contributed by atoms with E-state index in [2.05, 4.69) is 73.1 Å². The van der Waals surface area contributed by atoms with Crippen LogP contribution >= 0.6 is 11.8 Å². The van der Waals surface area contributed by atoms with Gasteiger partial charge in [-0.1, -0.05) is 19.9 Å². The summed E-state index contributed by atoms with van der Waals surface area (Å²) < 4.78 is 26.9. The first kappa shape index (κ1) is 42.0. The number of carbonyl (C=O) groups is 2. The fourth-order valence-corrected chi connectivity index (χ4v) is 11.7. The van der Waals surface area contributed by atoms with Crippen molar-refractivity contribution in [2.75, 3.05) is 45.8 Å². The first-order valence-electron chi connectivity index (χ1n) is 22.3. The molecule has 3 saturated heterocycles. The molecular formula is C46H63N7O6S. The number of aliphatic imine (C=N–C) groups is 1. The second kappa shape index (κ2) is 17.1. The molecule has 3 aromatic rings. The van der Waals surface area contributed by atoms with Gasteiger partial charge in [0.1, 0.15) is 18.2 Å². The highest BCUT2D eigenvalue weighted by atomic mass is 32.2. The van der Waals surface area contributed by atoms with E-state index >= 15 is 0 Å². The maximum Gasteiger partial charge on any atom is 0.324 e. The Hall–Kier alpha value is -3.37. The number of morpholine rings is 1. The number of hydrogen-bond donors (Lipinski definition) is 2. The Morgan fingerprint density at radius 1 is 1.07 bits per heavy atom. The summed E-state index contributed by atoms with van der Waals surface area (Å²) in [6, 6.07) is 8.99. The number of methoxy groups -OCH3 is 1. The topological polar surface area (TPSA) is 146 Å². The van der Waals surface area contributed by atoms with Crippen molar-refractivity contribution < 1.29 is 28.5 Å². The predicted molar refractivity (Wildman–Crippen MR) is 234 cm³/mol. The molecule has 8 atom stereocenters. The minimum Gasteiger partial charge on any atom is -0.464 e. The van der Waals surface area contributed by atoms with E-state index in [0.717, 1.165) is 77.1 Å². The lowest BCUT2D eigenvalue weighted by atomic mass is 9.80. The Morgan fingerprint density at radius 3 is 2.57 bits per heavy atom. The van der Waals surface area contributed by atoms with Crippen LogP contribution in [0, 0.1) is 5.41 Å². The number of carbonyl (C=O) groups excluding carboxylic acids is 2. The third-order valence-electron chi connectivity index (χ3n) is 13.7. The third kappa shape index (κ3) is 7.94. The second-order valence-electron chi connectivity index (χ2n) is 18.6. The molecule has 8 bridgehead atoms. The monoisotopic (exact) mass is 841 g/mol. The van der Waals surface area contributed by atoms with E-state index in [4.69, 9.17) is 34.7 Å². The molecule has 7 heterocycles. The van der Waals surface area contributed by atoms with Gasteiger partial charge in [0.05, 0.1) is 48.4 Å². The maximum atomic E-state index is 13.8. The molecule has 9 rings (SSSR count). The summed E-state index contributed by atoms with van der Waals surface area (Å²) in [6.45, 7) is 13.9. The number of nitrogens with two attached hydrogens (primary N) is 1. The predicted octanol–water partition coefficient (Wildman–Crippen LogP) is 6.08. The van der Waals surface area contributed by atoms with E-state index in [0.29, 0.717) is 56.2 Å². The number of esters is 1. The van der Waals surface area contributed by atoms with Crippen LogP contribution in [0.1, 0.15) is 114 Å². The standard InChI is InChI=1S/C46H63N7O6S/c1-7-51-38-14-11-27-18-33(38)35(41(51)34-19-29(21-48-40(34)26(3)56-6)28-16-31-22-57-23-32(17-28)53(31)30-12-13-30)20-46(4,5)25-59-45(55)36-10-9-15-52(50-36)44(54)39(47)42(58-8-2)43-49-37(27)24-60-43/h11,14,18-19,21,26,28,30-32,36-37,39,42,50H,7-10,12-13,15-17,20,22-25,47H2,1-6H3/t26-,28?,31-,32+,36-,37?,39-,42-/m0/s1. The van der Waals surface area contributed by atoms with Gasteiger partial charge in [0.2, 0.25) is 0 Å². The van der Waals surface area contributed by atoms with E-state index in [1.165, 1.54) is 29.0 Å². The largest absolute Gasteiger partial charge is 0.464 e. The van der Waals surface area contributed by atoms with Crippen LogP contribution in [0.2, 0.25) is 0 Å². The van der Waals surface area contributed by atoms with E-state index in [-0.39, 0.29) is 30.6 Å². The number of rotatable bonds is 8. The van der Waals surface area contributed by atoms with Gasteiger partial charge >= 0.3 is 5.97 Å². The fraction of sp³-hybridized carbons (Fsp3) is 0.652. The molecule has 6 aliphatic rings. The summed E-state index contributed by atoms with van der Waals surface area (Å²) in [4.78, 5) is 40.9. The number of amides is 1. The smallest absolute Gasteiger partial charge is 0.324 e. The molecule has 0 spiro atoms. The first-order chi connectivity index (χ1) is 29.0. The number of hydrogen-bond acceptors (Lipinski definition) is 12. The van der Waals surface area contributed by atoms with Gasteiger partial charge in [0, 0.05) is 78.8 Å². The minimum absolute atomic E-state index is 0.134. The van der Waals surface area contributed by atoms with Crippen LogP contribution in [0.15, 0.2) is 35.5 Å². The number of ether oxygens (including phenoxy) is 4. The van der Waals surface area contributed by atoms with Gasteiger partial charge in [-0.2, -0.15) is 0 Å². The van der Waals surface area contributed by atoms with Crippen LogP contribution in [-0.2, 0) is 41.5 Å². The Kier molecular flexibility index (Phi) is 11.9. The zero-order valence-corrected chi connectivity index (χ0v) is 37.0. The molecule has 1 amide bonds. The number of piperidine rings is 1. The summed E-state index contributed by atoms with van der Waals surface area (Å²) >= 11 is 1.61. The molecule has 324 valence electrons. The fourth-order valence-electron chi connectivity index (χ4n) is 10.5. The first-order valence-corrected chi connectivity index (χ1v) is 23.3. The highest BCUT2D eigenvalue weighted by Gasteiger charge is 2.46. The normalized spacial score (nSPS) is 30.6. The van der Waals surface area contributed by atoms with E-state index < -0.39 is 23.6 Å². The average molecular weight is 842 g/mol. The van der Waals surface area contributed by atoms with Crippen molar-refractivity contribution >= 4 is 39.6 Å². The Labute approximate surface area is 358 Å². The highest BCUT2D eigenvalue weighted by molar-refractivity contribution is 8.14. The molecule has 0 radical (unpaired) electrons. The number of aryl methyl sites for hydroxylation is 1. The Balaban J connectivity index is 1.18. The Morgan fingerprint density at radius 2 is 1.85 bits per heavy atom. The minimum atomic E-state index is -0.989. The van der Waals surface area contributed by atoms with E-state index in [1.807, 2.05) is 6.92 Å². The summed E-state index contributed by atoms with van der Waals surface area (Å²) in [5.74, 6) is 0.410. The number of pyridine rings is 1. The van der Waals surface area contributed by atoms with Crippen molar-refractivity contribution in [1.82, 2.24) is 24.9 Å². The lowest BCUT2D eigenvalue weighted by molar-refractivity contribution is -0.155. The average Bonchev–Trinajstić information content (AvgIpc) is 3.91. The number of benzene rings is 1. The van der Waals surface area contributed by atoms with Gasteiger partial charge in [-0.05, 0) is 107 Å². The summed E-state index contributed by atoms with van der Waals surface area (Å²) in [6.07, 6.45) is 7.78. The second-order valence-corrected chi connectivity index (χ2v) is 19.6. The zero-order chi connectivity index (χ0) is 41.9. The van der Waals surface area contributed by atoms with Crippen LogP contribution in [0.3, 0.4) is 0 Å². The number of nitrogens with zero attached hydrogens (tertiary/aromatic N) is 5. The molecule has 13 nitrogen and oxygen atoms in total. The molecule has 1 aliphatic carbocycles. The molecule has 5 aliphatic heterocycles. The van der Waals surface area contributed by atoms with Gasteiger partial charge in [-0.15, -0.1) is 11.8 Å². The molecule has 2 unspecified atom stereocenters. The van der Waals surface area contributed by atoms with Crippen LogP contribution in [-0.4, -0.2) is 119 Å². The van der Waals surface area contributed by atoms with Crippen LogP contribution in [0.4, 0.5) is 0 Å². The molecule has 4 fully saturated rings. The summed E-state index contributed by atoms with van der Waals surface area (Å²) in [7, 11) is 1.76. The van der Waals surface area contributed by atoms with Crippen molar-refractivity contribution in [3.05, 3.63) is 52.8 Å². The molecule has 1 aromatic carbocycles. The zero-order valence-electron chi connectivity index (χ0n) is 36.2. The van der Waals surface area contributed by atoms with Gasteiger partial charge in [0.15, 0.2) is 0 Å². The number of hydrazine groups is 1. The third-order valence-corrected chi connectivity index (χ3v) is 14.8. The molecule has 2 aromatic heterocycles. The molecule has 14 heteroatoms. The van der Waals surface area contributed by atoms with Crippen molar-refractivity contribution in [2.24, 2.45) is 16.1 Å². The van der Waals surface area contributed by atoms with Gasteiger partial charge in [-0.3, -0.25) is 29.5 Å². The number of cyclic esters (lactones) is 1. The Bertz CT molecular complexity index is 2120. The van der Waals surface area contributed by atoms with Gasteiger partial charge in [-0.25, -0.2) is 5.43 Å². The van der Waals surface area contributed by atoms with E-state index in [9.17, 15) is 9.59 Å². The number of thioether (sulfide) groups is 1.